The van der Waals surface area contributed by atoms with Crippen LogP contribution < -0.4 is 15.8 Å². The summed E-state index contributed by atoms with van der Waals surface area (Å²) in [6.07, 6.45) is 0.335. The lowest BCUT2D eigenvalue weighted by Crippen LogP contribution is -2.47. The fraction of sp³-hybridized carbons (Fsp3) is 0.364. The van der Waals surface area contributed by atoms with Crippen LogP contribution in [0.4, 0.5) is 0 Å². The van der Waals surface area contributed by atoms with E-state index in [-0.39, 0.29) is 16.4 Å². The van der Waals surface area contributed by atoms with Gasteiger partial charge in [0.25, 0.3) is 0 Å². The summed E-state index contributed by atoms with van der Waals surface area (Å²) in [6.45, 7) is 6.11. The number of nitrogens with one attached hydrogen (secondary N) is 2. The first-order valence-corrected chi connectivity index (χ1v) is 11.5. The van der Waals surface area contributed by atoms with Crippen molar-refractivity contribution in [1.29, 1.82) is 0 Å². The fourth-order valence-electron chi connectivity index (χ4n) is 3.24. The van der Waals surface area contributed by atoms with E-state index in [4.69, 9.17) is 4.42 Å². The summed E-state index contributed by atoms with van der Waals surface area (Å²) < 4.78 is 34.8. The summed E-state index contributed by atoms with van der Waals surface area (Å²) in [6, 6.07) is 11.0. The number of fused-ring (bicyclic) bond motifs is 1. The zero-order valence-electron chi connectivity index (χ0n) is 18.0. The fourth-order valence-corrected chi connectivity index (χ4v) is 4.46. The topological polar surface area (TPSA) is 110 Å². The lowest BCUT2D eigenvalue weighted by molar-refractivity contribution is -0.123. The van der Waals surface area contributed by atoms with Gasteiger partial charge in [0.05, 0.1) is 10.4 Å². The van der Waals surface area contributed by atoms with Crippen molar-refractivity contribution in [3.63, 3.8) is 0 Å². The maximum atomic E-state index is 13.0. The second kappa shape index (κ2) is 9.07. The normalized spacial score (nSPS) is 12.9. The van der Waals surface area contributed by atoms with Crippen LogP contribution >= 0.6 is 0 Å². The molecule has 1 aromatic heterocycles. The summed E-state index contributed by atoms with van der Waals surface area (Å²) in [5.74, 6) is -0.886. The third-order valence-electron chi connectivity index (χ3n) is 4.98. The van der Waals surface area contributed by atoms with Crippen molar-refractivity contribution in [1.82, 2.24) is 14.6 Å². The molecular formula is C22H27N3O5S. The molecule has 3 rings (SSSR count). The Morgan fingerprint density at radius 2 is 1.81 bits per heavy atom. The Morgan fingerprint density at radius 3 is 2.45 bits per heavy atom. The molecule has 0 aliphatic heterocycles. The molecule has 9 heteroatoms. The standard InChI is InChI=1S/C22H27N3O5S/c1-14(2)11-18(21(26)23-13-16-7-5-15(3)6-8-16)24-31(28,29)17-9-10-19-20(12-17)30-22(27)25(19)4/h5-10,12,14,18,24H,11,13H2,1-4H3,(H,23,26)/t18-/m0/s1. The van der Waals surface area contributed by atoms with Gasteiger partial charge in [-0.1, -0.05) is 43.7 Å². The molecule has 2 aromatic carbocycles. The summed E-state index contributed by atoms with van der Waals surface area (Å²) in [5.41, 5.74) is 2.69. The Hall–Kier alpha value is -2.91. The molecule has 0 unspecified atom stereocenters. The van der Waals surface area contributed by atoms with Gasteiger partial charge in [0.15, 0.2) is 5.58 Å². The molecule has 0 saturated carbocycles. The number of rotatable bonds is 8. The van der Waals surface area contributed by atoms with Crippen LogP contribution in [-0.2, 0) is 28.4 Å². The summed E-state index contributed by atoms with van der Waals surface area (Å²) in [7, 11) is -2.48. The molecular weight excluding hydrogens is 418 g/mol. The van der Waals surface area contributed by atoms with Crippen molar-refractivity contribution in [2.45, 2.75) is 44.7 Å². The molecule has 0 aliphatic carbocycles. The van der Waals surface area contributed by atoms with Crippen molar-refractivity contribution >= 4 is 27.0 Å². The minimum absolute atomic E-state index is 0.0746. The molecule has 0 bridgehead atoms. The average molecular weight is 446 g/mol. The second-order valence-electron chi connectivity index (χ2n) is 8.06. The Balaban J connectivity index is 1.79. The van der Waals surface area contributed by atoms with E-state index in [1.54, 1.807) is 0 Å². The van der Waals surface area contributed by atoms with E-state index in [0.717, 1.165) is 11.1 Å². The molecule has 1 atom stereocenters. The summed E-state index contributed by atoms with van der Waals surface area (Å²) in [5, 5.41) is 2.81. The number of hydrogen-bond acceptors (Lipinski definition) is 5. The number of carbonyl (C=O) groups is 1. The molecule has 31 heavy (non-hydrogen) atoms. The number of aryl methyl sites for hydroxylation is 2. The van der Waals surface area contributed by atoms with E-state index in [1.807, 2.05) is 45.0 Å². The van der Waals surface area contributed by atoms with Crippen LogP contribution in [0.25, 0.3) is 11.1 Å². The van der Waals surface area contributed by atoms with E-state index in [0.29, 0.717) is 18.5 Å². The molecule has 1 heterocycles. The van der Waals surface area contributed by atoms with Crippen LogP contribution in [0.1, 0.15) is 31.4 Å². The van der Waals surface area contributed by atoms with Gasteiger partial charge in [-0.3, -0.25) is 9.36 Å². The van der Waals surface area contributed by atoms with E-state index in [2.05, 4.69) is 10.0 Å². The number of amides is 1. The molecule has 0 radical (unpaired) electrons. The number of carbonyl (C=O) groups excluding carboxylic acids is 1. The van der Waals surface area contributed by atoms with Gasteiger partial charge in [0.1, 0.15) is 6.04 Å². The van der Waals surface area contributed by atoms with Gasteiger partial charge < -0.3 is 9.73 Å². The smallest absolute Gasteiger partial charge is 0.408 e. The number of aromatic nitrogens is 1. The summed E-state index contributed by atoms with van der Waals surface area (Å²) >= 11 is 0. The average Bonchev–Trinajstić information content (AvgIpc) is 2.99. The van der Waals surface area contributed by atoms with Crippen molar-refractivity contribution in [2.75, 3.05) is 0 Å². The number of sulfonamides is 1. The zero-order chi connectivity index (χ0) is 22.8. The van der Waals surface area contributed by atoms with Gasteiger partial charge in [-0.15, -0.1) is 0 Å². The van der Waals surface area contributed by atoms with E-state index in [1.165, 1.54) is 29.8 Å². The monoisotopic (exact) mass is 445 g/mol. The number of benzene rings is 2. The molecule has 0 aliphatic rings. The van der Waals surface area contributed by atoms with Gasteiger partial charge in [-0.2, -0.15) is 4.72 Å². The Morgan fingerprint density at radius 1 is 1.13 bits per heavy atom. The molecule has 166 valence electrons. The minimum Gasteiger partial charge on any atom is -0.408 e. The van der Waals surface area contributed by atoms with Crippen LogP contribution in [-0.4, -0.2) is 24.9 Å². The predicted octanol–water partition coefficient (Wildman–Crippen LogP) is 2.45. The molecule has 3 aromatic rings. The van der Waals surface area contributed by atoms with E-state index in [9.17, 15) is 18.0 Å². The molecule has 0 spiro atoms. The Kier molecular flexibility index (Phi) is 6.66. The van der Waals surface area contributed by atoms with Gasteiger partial charge in [0, 0.05) is 19.7 Å². The van der Waals surface area contributed by atoms with Gasteiger partial charge in [-0.05, 0) is 37.0 Å². The third kappa shape index (κ3) is 5.42. The number of oxazole rings is 1. The van der Waals surface area contributed by atoms with Crippen LogP contribution in [0.15, 0.2) is 56.6 Å². The largest absolute Gasteiger partial charge is 0.419 e. The second-order valence-corrected chi connectivity index (χ2v) is 9.78. The van der Waals surface area contributed by atoms with Crippen molar-refractivity contribution in [3.05, 3.63) is 64.1 Å². The maximum absolute atomic E-state index is 13.0. The zero-order valence-corrected chi connectivity index (χ0v) is 18.8. The maximum Gasteiger partial charge on any atom is 0.419 e. The highest BCUT2D eigenvalue weighted by Crippen LogP contribution is 2.19. The lowest BCUT2D eigenvalue weighted by atomic mass is 10.0. The highest BCUT2D eigenvalue weighted by Gasteiger charge is 2.27. The Bertz CT molecular complexity index is 1240. The van der Waals surface area contributed by atoms with Gasteiger partial charge in [-0.25, -0.2) is 13.2 Å². The molecule has 0 saturated heterocycles. The molecule has 0 fully saturated rings. The molecule has 1 amide bonds. The number of nitrogens with zero attached hydrogens (tertiary/aromatic N) is 1. The van der Waals surface area contributed by atoms with Crippen LogP contribution in [0.2, 0.25) is 0 Å². The van der Waals surface area contributed by atoms with Gasteiger partial charge >= 0.3 is 5.76 Å². The minimum atomic E-state index is -4.02. The highest BCUT2D eigenvalue weighted by atomic mass is 32.2. The van der Waals surface area contributed by atoms with E-state index >= 15 is 0 Å². The predicted molar refractivity (Wildman–Crippen MR) is 118 cm³/mol. The SMILES string of the molecule is Cc1ccc(CNC(=O)[C@H](CC(C)C)NS(=O)(=O)c2ccc3c(c2)oc(=O)n3C)cc1. The van der Waals surface area contributed by atoms with Crippen LogP contribution in [0.3, 0.4) is 0 Å². The van der Waals surface area contributed by atoms with Crippen LogP contribution in [0, 0.1) is 12.8 Å². The molecule has 2 N–H and O–H groups in total. The number of hydrogen-bond donors (Lipinski definition) is 2. The summed E-state index contributed by atoms with van der Waals surface area (Å²) in [4.78, 5) is 24.4. The van der Waals surface area contributed by atoms with E-state index < -0.39 is 27.7 Å². The molecule has 8 nitrogen and oxygen atoms in total. The van der Waals surface area contributed by atoms with Crippen molar-refractivity contribution in [2.24, 2.45) is 13.0 Å². The first kappa shape index (κ1) is 22.8. The quantitative estimate of drug-likeness (QED) is 0.553. The first-order valence-electron chi connectivity index (χ1n) is 10.0. The third-order valence-corrected chi connectivity index (χ3v) is 6.45. The van der Waals surface area contributed by atoms with Crippen molar-refractivity contribution < 1.29 is 17.6 Å². The lowest BCUT2D eigenvalue weighted by Gasteiger charge is -2.20. The first-order chi connectivity index (χ1) is 14.6. The Labute approximate surface area is 181 Å². The highest BCUT2D eigenvalue weighted by molar-refractivity contribution is 7.89. The van der Waals surface area contributed by atoms with Gasteiger partial charge in [0.2, 0.25) is 15.9 Å². The van der Waals surface area contributed by atoms with Crippen LogP contribution in [0.5, 0.6) is 0 Å². The van der Waals surface area contributed by atoms with Crippen molar-refractivity contribution in [3.8, 4) is 0 Å².